The number of fused-ring (bicyclic) bond motifs is 1. The summed E-state index contributed by atoms with van der Waals surface area (Å²) in [7, 11) is 0. The SMILES string of the molecule is Cc1cn2cc(-c3ccc(-c4ccc(N5CCC(NC6CCC6)C5)nn4)c(O)c3)ncc2n1. The predicted octanol–water partition coefficient (Wildman–Crippen LogP) is 3.59. The average molecular weight is 442 g/mol. The first kappa shape index (κ1) is 20.1. The fraction of sp³-hybridized carbons (Fsp3) is 0.360. The van der Waals surface area contributed by atoms with Crippen molar-refractivity contribution in [2.24, 2.45) is 0 Å². The molecule has 6 rings (SSSR count). The van der Waals surface area contributed by atoms with Gasteiger partial charge in [-0.2, -0.15) is 0 Å². The van der Waals surface area contributed by atoms with Crippen LogP contribution in [0.15, 0.2) is 48.9 Å². The number of aromatic nitrogens is 5. The summed E-state index contributed by atoms with van der Waals surface area (Å²) in [4.78, 5) is 11.2. The number of phenols is 1. The minimum atomic E-state index is 0.157. The Kier molecular flexibility index (Phi) is 4.95. The lowest BCUT2D eigenvalue weighted by molar-refractivity contribution is 0.311. The molecule has 1 saturated carbocycles. The molecule has 1 aliphatic heterocycles. The lowest BCUT2D eigenvalue weighted by Gasteiger charge is -2.29. The number of anilines is 1. The molecular weight excluding hydrogens is 414 g/mol. The standard InChI is InChI=1S/C25H27N7O/c1-16-13-32-15-22(26-12-25(32)27-16)17-5-6-20(23(33)11-17)21-7-8-24(30-29-21)31-10-9-19(14-31)28-18-3-2-4-18/h5-8,11-13,15,18-19,28,33H,2-4,9-10,14H2,1H3. The van der Waals surface area contributed by atoms with Gasteiger partial charge in [0.25, 0.3) is 0 Å². The summed E-state index contributed by atoms with van der Waals surface area (Å²) in [5.74, 6) is 1.05. The summed E-state index contributed by atoms with van der Waals surface area (Å²) in [6.45, 7) is 3.91. The monoisotopic (exact) mass is 441 g/mol. The van der Waals surface area contributed by atoms with Gasteiger partial charge >= 0.3 is 0 Å². The zero-order chi connectivity index (χ0) is 22.4. The number of aromatic hydroxyl groups is 1. The molecule has 168 valence electrons. The van der Waals surface area contributed by atoms with E-state index in [2.05, 4.69) is 30.4 Å². The zero-order valence-electron chi connectivity index (χ0n) is 18.6. The molecule has 8 nitrogen and oxygen atoms in total. The summed E-state index contributed by atoms with van der Waals surface area (Å²) in [5.41, 5.74) is 4.64. The Morgan fingerprint density at radius 2 is 1.91 bits per heavy atom. The van der Waals surface area contributed by atoms with Gasteiger partial charge in [-0.15, -0.1) is 10.2 Å². The maximum absolute atomic E-state index is 10.7. The number of rotatable bonds is 5. The molecule has 1 atom stereocenters. The minimum absolute atomic E-state index is 0.157. The van der Waals surface area contributed by atoms with E-state index >= 15 is 0 Å². The molecule has 8 heteroatoms. The molecule has 4 aromatic rings. The maximum atomic E-state index is 10.7. The lowest BCUT2D eigenvalue weighted by atomic mass is 9.92. The molecule has 2 fully saturated rings. The molecule has 4 heterocycles. The van der Waals surface area contributed by atoms with Gasteiger partial charge in [-0.1, -0.05) is 12.5 Å². The Balaban J connectivity index is 1.18. The molecule has 1 aromatic carbocycles. The van der Waals surface area contributed by atoms with Crippen molar-refractivity contribution in [3.8, 4) is 28.3 Å². The van der Waals surface area contributed by atoms with Crippen LogP contribution in [0, 0.1) is 6.92 Å². The molecule has 1 unspecified atom stereocenters. The number of hydrogen-bond donors (Lipinski definition) is 2. The summed E-state index contributed by atoms with van der Waals surface area (Å²) in [6, 6.07) is 10.7. The number of aryl methyl sites for hydroxylation is 1. The molecule has 0 spiro atoms. The van der Waals surface area contributed by atoms with Crippen LogP contribution >= 0.6 is 0 Å². The normalized spacial score (nSPS) is 18.7. The van der Waals surface area contributed by atoms with Crippen LogP contribution < -0.4 is 10.2 Å². The van der Waals surface area contributed by atoms with Crippen LogP contribution in [0.1, 0.15) is 31.4 Å². The van der Waals surface area contributed by atoms with E-state index in [9.17, 15) is 5.11 Å². The second-order valence-corrected chi connectivity index (χ2v) is 9.16. The number of nitrogens with one attached hydrogen (secondary N) is 1. The Labute approximate surface area is 192 Å². The van der Waals surface area contributed by atoms with Crippen molar-refractivity contribution in [1.82, 2.24) is 29.9 Å². The Morgan fingerprint density at radius 1 is 1.00 bits per heavy atom. The quantitative estimate of drug-likeness (QED) is 0.489. The Morgan fingerprint density at radius 3 is 2.67 bits per heavy atom. The number of benzene rings is 1. The maximum Gasteiger partial charge on any atom is 0.155 e. The van der Waals surface area contributed by atoms with Gasteiger partial charge in [-0.3, -0.25) is 4.98 Å². The summed E-state index contributed by atoms with van der Waals surface area (Å²) in [5, 5.41) is 23.3. The van der Waals surface area contributed by atoms with Gasteiger partial charge in [0.05, 0.1) is 23.3 Å². The highest BCUT2D eigenvalue weighted by molar-refractivity contribution is 5.73. The van der Waals surface area contributed by atoms with Crippen molar-refractivity contribution in [2.75, 3.05) is 18.0 Å². The van der Waals surface area contributed by atoms with E-state index in [0.29, 0.717) is 23.3 Å². The molecule has 0 amide bonds. The topological polar surface area (TPSA) is 91.5 Å². The molecule has 2 N–H and O–H groups in total. The van der Waals surface area contributed by atoms with Crippen LogP contribution in [0.4, 0.5) is 5.82 Å². The fourth-order valence-corrected chi connectivity index (χ4v) is 4.73. The Bertz CT molecular complexity index is 1300. The van der Waals surface area contributed by atoms with Gasteiger partial charge in [0.15, 0.2) is 11.5 Å². The first-order chi connectivity index (χ1) is 16.1. The lowest BCUT2D eigenvalue weighted by Crippen LogP contribution is -2.43. The highest BCUT2D eigenvalue weighted by Crippen LogP contribution is 2.32. The van der Waals surface area contributed by atoms with Crippen LogP contribution in [0.25, 0.3) is 28.2 Å². The van der Waals surface area contributed by atoms with Gasteiger partial charge in [-0.25, -0.2) is 4.98 Å². The molecule has 3 aromatic heterocycles. The summed E-state index contributed by atoms with van der Waals surface area (Å²) >= 11 is 0. The van der Waals surface area contributed by atoms with Gasteiger partial charge in [0.1, 0.15) is 5.75 Å². The summed E-state index contributed by atoms with van der Waals surface area (Å²) < 4.78 is 1.94. The van der Waals surface area contributed by atoms with Crippen LogP contribution in [-0.2, 0) is 0 Å². The van der Waals surface area contributed by atoms with Crippen molar-refractivity contribution in [3.05, 3.63) is 54.6 Å². The van der Waals surface area contributed by atoms with E-state index in [1.807, 2.05) is 48.0 Å². The number of hydrogen-bond acceptors (Lipinski definition) is 7. The van der Waals surface area contributed by atoms with E-state index < -0.39 is 0 Å². The predicted molar refractivity (Wildman–Crippen MR) is 127 cm³/mol. The molecule has 0 radical (unpaired) electrons. The third-order valence-corrected chi connectivity index (χ3v) is 6.77. The average Bonchev–Trinajstić information content (AvgIpc) is 3.41. The van der Waals surface area contributed by atoms with E-state index in [0.717, 1.165) is 47.9 Å². The molecule has 1 aliphatic carbocycles. The van der Waals surface area contributed by atoms with Crippen LogP contribution in [0.5, 0.6) is 5.75 Å². The number of imidazole rings is 1. The van der Waals surface area contributed by atoms with Crippen LogP contribution in [0.3, 0.4) is 0 Å². The third-order valence-electron chi connectivity index (χ3n) is 6.77. The first-order valence-corrected chi connectivity index (χ1v) is 11.6. The minimum Gasteiger partial charge on any atom is -0.507 e. The van der Waals surface area contributed by atoms with Crippen molar-refractivity contribution < 1.29 is 5.11 Å². The van der Waals surface area contributed by atoms with Gasteiger partial charge < -0.3 is 19.7 Å². The highest BCUT2D eigenvalue weighted by Gasteiger charge is 2.27. The molecular formula is C25H27N7O. The molecule has 33 heavy (non-hydrogen) atoms. The smallest absolute Gasteiger partial charge is 0.155 e. The molecule has 2 aliphatic rings. The molecule has 0 bridgehead atoms. The van der Waals surface area contributed by atoms with Gasteiger partial charge in [-0.05, 0) is 50.5 Å². The summed E-state index contributed by atoms with van der Waals surface area (Å²) in [6.07, 6.45) is 10.7. The zero-order valence-corrected chi connectivity index (χ0v) is 18.6. The second-order valence-electron chi connectivity index (χ2n) is 9.16. The van der Waals surface area contributed by atoms with E-state index in [-0.39, 0.29) is 5.75 Å². The van der Waals surface area contributed by atoms with E-state index in [4.69, 9.17) is 0 Å². The van der Waals surface area contributed by atoms with Crippen LogP contribution in [-0.4, -0.2) is 54.8 Å². The van der Waals surface area contributed by atoms with Crippen molar-refractivity contribution in [3.63, 3.8) is 0 Å². The van der Waals surface area contributed by atoms with E-state index in [1.165, 1.54) is 19.3 Å². The van der Waals surface area contributed by atoms with Crippen molar-refractivity contribution in [1.29, 1.82) is 0 Å². The first-order valence-electron chi connectivity index (χ1n) is 11.6. The van der Waals surface area contributed by atoms with Gasteiger partial charge in [0.2, 0.25) is 0 Å². The fourth-order valence-electron chi connectivity index (χ4n) is 4.73. The van der Waals surface area contributed by atoms with Gasteiger partial charge in [0, 0.05) is 48.7 Å². The Hall–Kier alpha value is -3.52. The van der Waals surface area contributed by atoms with E-state index in [1.54, 1.807) is 12.3 Å². The number of nitrogens with zero attached hydrogens (tertiary/aromatic N) is 6. The number of phenolic OH excluding ortho intramolecular Hbond substituents is 1. The second kappa shape index (κ2) is 8.12. The van der Waals surface area contributed by atoms with Crippen LogP contribution in [0.2, 0.25) is 0 Å². The van der Waals surface area contributed by atoms with Crippen molar-refractivity contribution >= 4 is 11.5 Å². The third kappa shape index (κ3) is 3.91. The van der Waals surface area contributed by atoms with Crippen molar-refractivity contribution in [2.45, 2.75) is 44.7 Å². The molecule has 1 saturated heterocycles. The highest BCUT2D eigenvalue weighted by atomic mass is 16.3. The largest absolute Gasteiger partial charge is 0.507 e.